The summed E-state index contributed by atoms with van der Waals surface area (Å²) in [5, 5.41) is 0. The fourth-order valence-corrected chi connectivity index (χ4v) is 4.07. The summed E-state index contributed by atoms with van der Waals surface area (Å²) in [5.74, 6) is -0.257. The van der Waals surface area contributed by atoms with E-state index in [0.29, 0.717) is 18.6 Å². The van der Waals surface area contributed by atoms with Gasteiger partial charge in [0.15, 0.2) is 5.78 Å². The van der Waals surface area contributed by atoms with Crippen molar-refractivity contribution < 1.29 is 13.2 Å². The Bertz CT molecular complexity index is 788. The quantitative estimate of drug-likeness (QED) is 0.788. The summed E-state index contributed by atoms with van der Waals surface area (Å²) in [6, 6.07) is 8.15. The lowest BCUT2D eigenvalue weighted by Gasteiger charge is -2.31. The Morgan fingerprint density at radius 3 is 2.55 bits per heavy atom. The molecule has 3 rings (SSSR count). The van der Waals surface area contributed by atoms with Crippen molar-refractivity contribution >= 4 is 21.5 Å². The van der Waals surface area contributed by atoms with E-state index in [1.165, 1.54) is 23.8 Å². The maximum atomic E-state index is 12.4. The molecule has 2 aliphatic carbocycles. The van der Waals surface area contributed by atoms with Crippen molar-refractivity contribution in [2.75, 3.05) is 0 Å². The molecule has 0 amide bonds. The molecule has 0 unspecified atom stereocenters. The molecule has 0 aliphatic heterocycles. The van der Waals surface area contributed by atoms with Gasteiger partial charge in [0.05, 0.1) is 10.6 Å². The Kier molecular flexibility index (Phi) is 3.83. The van der Waals surface area contributed by atoms with Crippen molar-refractivity contribution in [2.24, 2.45) is 16.2 Å². The van der Waals surface area contributed by atoms with Crippen LogP contribution in [0.4, 0.5) is 0 Å². The van der Waals surface area contributed by atoms with Gasteiger partial charge in [-0.1, -0.05) is 29.8 Å². The topological polar surface area (TPSA) is 63.6 Å². The van der Waals surface area contributed by atoms with Crippen LogP contribution in [0.1, 0.15) is 19.8 Å². The van der Waals surface area contributed by atoms with Gasteiger partial charge in [-0.15, -0.1) is 0 Å². The Labute approximate surface area is 130 Å². The van der Waals surface area contributed by atoms with Crippen LogP contribution < -0.4 is 0 Å². The Hall–Kier alpha value is -2.01. The van der Waals surface area contributed by atoms with Gasteiger partial charge in [-0.2, -0.15) is 12.8 Å². The molecule has 0 heterocycles. The highest BCUT2D eigenvalue weighted by atomic mass is 32.2. The molecule has 0 saturated heterocycles. The molecule has 0 fully saturated rings. The van der Waals surface area contributed by atoms with Crippen molar-refractivity contribution in [3.63, 3.8) is 0 Å². The van der Waals surface area contributed by atoms with Crippen LogP contribution in [0.5, 0.6) is 0 Å². The molecule has 1 aromatic rings. The molecule has 0 bridgehead atoms. The van der Waals surface area contributed by atoms with E-state index >= 15 is 0 Å². The fourth-order valence-electron chi connectivity index (χ4n) is 2.99. The number of hydrogen-bond acceptors (Lipinski definition) is 3. The van der Waals surface area contributed by atoms with E-state index in [1.54, 1.807) is 24.3 Å². The van der Waals surface area contributed by atoms with Crippen molar-refractivity contribution in [3.8, 4) is 0 Å². The highest BCUT2D eigenvalue weighted by Gasteiger charge is 2.35. The van der Waals surface area contributed by atoms with Gasteiger partial charge in [0, 0.05) is 11.8 Å². The molecular weight excluding hydrogens is 298 g/mol. The van der Waals surface area contributed by atoms with Crippen LogP contribution in [0.2, 0.25) is 0 Å². The third kappa shape index (κ3) is 2.81. The standard InChI is InChI=1S/C17H17NO3S/c1-12-7-8-14-15(11-12)17(19)10-9-16(14)18-22(20,21)13-5-3-2-4-6-13/h2-7,9-10,14-15H,8,11H2,1H3/b18-16-/t14-,15+/m0/s1. The number of rotatable bonds is 2. The van der Waals surface area contributed by atoms with Crippen LogP contribution in [0, 0.1) is 11.8 Å². The van der Waals surface area contributed by atoms with Crippen molar-refractivity contribution in [2.45, 2.75) is 24.7 Å². The second-order valence-electron chi connectivity index (χ2n) is 5.74. The number of carbonyl (C=O) groups excluding carboxylic acids is 1. The van der Waals surface area contributed by atoms with Crippen molar-refractivity contribution in [3.05, 3.63) is 54.1 Å². The zero-order valence-corrected chi connectivity index (χ0v) is 13.1. The summed E-state index contributed by atoms with van der Waals surface area (Å²) in [6.45, 7) is 2.00. The average Bonchev–Trinajstić information content (AvgIpc) is 2.51. The van der Waals surface area contributed by atoms with Crippen molar-refractivity contribution in [1.29, 1.82) is 0 Å². The van der Waals surface area contributed by atoms with E-state index in [9.17, 15) is 13.2 Å². The lowest BCUT2D eigenvalue weighted by molar-refractivity contribution is -0.119. The molecule has 1 aromatic carbocycles. The Balaban J connectivity index is 2.00. The summed E-state index contributed by atoms with van der Waals surface area (Å²) >= 11 is 0. The van der Waals surface area contributed by atoms with Gasteiger partial charge in [-0.25, -0.2) is 0 Å². The van der Waals surface area contributed by atoms with E-state index in [1.807, 2.05) is 6.92 Å². The first-order valence-electron chi connectivity index (χ1n) is 7.25. The average molecular weight is 315 g/mol. The second kappa shape index (κ2) is 5.65. The lowest BCUT2D eigenvalue weighted by Crippen LogP contribution is -2.34. The summed E-state index contributed by atoms with van der Waals surface area (Å²) in [5.41, 5.74) is 1.66. The van der Waals surface area contributed by atoms with Gasteiger partial charge in [0.25, 0.3) is 10.0 Å². The van der Waals surface area contributed by atoms with E-state index < -0.39 is 10.0 Å². The largest absolute Gasteiger partial charge is 0.295 e. The minimum Gasteiger partial charge on any atom is -0.295 e. The maximum absolute atomic E-state index is 12.4. The van der Waals surface area contributed by atoms with E-state index in [0.717, 1.165) is 0 Å². The van der Waals surface area contributed by atoms with Crippen molar-refractivity contribution in [1.82, 2.24) is 0 Å². The summed E-state index contributed by atoms with van der Waals surface area (Å²) in [4.78, 5) is 12.2. The van der Waals surface area contributed by atoms with Crippen LogP contribution in [-0.2, 0) is 14.8 Å². The molecular formula is C17H17NO3S. The molecule has 5 heteroatoms. The summed E-state index contributed by atoms with van der Waals surface area (Å²) in [6.07, 6.45) is 6.42. The molecule has 22 heavy (non-hydrogen) atoms. The van der Waals surface area contributed by atoms with Gasteiger partial charge >= 0.3 is 0 Å². The Morgan fingerprint density at radius 2 is 1.82 bits per heavy atom. The predicted octanol–water partition coefficient (Wildman–Crippen LogP) is 2.93. The number of benzene rings is 1. The fraction of sp³-hybridized carbons (Fsp3) is 0.294. The number of fused-ring (bicyclic) bond motifs is 1. The zero-order chi connectivity index (χ0) is 15.7. The van der Waals surface area contributed by atoms with Crippen LogP contribution in [-0.4, -0.2) is 19.9 Å². The van der Waals surface area contributed by atoms with Gasteiger partial charge in [0.1, 0.15) is 0 Å². The lowest BCUT2D eigenvalue weighted by atomic mass is 9.72. The third-order valence-electron chi connectivity index (χ3n) is 4.18. The molecule has 0 N–H and O–H groups in total. The molecule has 2 atom stereocenters. The molecule has 0 spiro atoms. The number of nitrogens with zero attached hydrogens (tertiary/aromatic N) is 1. The summed E-state index contributed by atoms with van der Waals surface area (Å²) < 4.78 is 28.8. The first kappa shape index (κ1) is 14.9. The van der Waals surface area contributed by atoms with E-state index in [2.05, 4.69) is 10.5 Å². The zero-order valence-electron chi connectivity index (χ0n) is 12.3. The minimum absolute atomic E-state index is 0.0634. The van der Waals surface area contributed by atoms with Gasteiger partial charge in [-0.3, -0.25) is 4.79 Å². The smallest absolute Gasteiger partial charge is 0.282 e. The first-order valence-corrected chi connectivity index (χ1v) is 8.69. The van der Waals surface area contributed by atoms with E-state index in [-0.39, 0.29) is 22.5 Å². The number of allylic oxidation sites excluding steroid dienone is 4. The maximum Gasteiger partial charge on any atom is 0.282 e. The SMILES string of the molecule is CC1=CC[C@@H]2/C(=N\S(=O)(=O)c3ccccc3)C=CC(=O)[C@@H]2C1. The molecule has 114 valence electrons. The predicted molar refractivity (Wildman–Crippen MR) is 85.2 cm³/mol. The second-order valence-corrected chi connectivity index (χ2v) is 7.35. The molecule has 4 nitrogen and oxygen atoms in total. The number of carbonyl (C=O) groups is 1. The monoisotopic (exact) mass is 315 g/mol. The van der Waals surface area contributed by atoms with Crippen LogP contribution in [0.3, 0.4) is 0 Å². The molecule has 0 radical (unpaired) electrons. The summed E-state index contributed by atoms with van der Waals surface area (Å²) in [7, 11) is -3.74. The third-order valence-corrected chi connectivity index (χ3v) is 5.50. The molecule has 0 aromatic heterocycles. The van der Waals surface area contributed by atoms with Crippen LogP contribution in [0.15, 0.2) is 63.4 Å². The number of sulfonamides is 1. The normalized spacial score (nSPS) is 26.7. The van der Waals surface area contributed by atoms with Gasteiger partial charge < -0.3 is 0 Å². The van der Waals surface area contributed by atoms with Gasteiger partial charge in [-0.05, 0) is 44.1 Å². The highest BCUT2D eigenvalue weighted by molar-refractivity contribution is 7.90. The molecule has 0 saturated carbocycles. The van der Waals surface area contributed by atoms with Crippen LogP contribution in [0.25, 0.3) is 0 Å². The number of hydrogen-bond donors (Lipinski definition) is 0. The first-order chi connectivity index (χ1) is 10.5. The van der Waals surface area contributed by atoms with E-state index in [4.69, 9.17) is 0 Å². The van der Waals surface area contributed by atoms with Gasteiger partial charge in [0.2, 0.25) is 0 Å². The Morgan fingerprint density at radius 1 is 1.09 bits per heavy atom. The molecule has 2 aliphatic rings. The number of ketones is 1. The highest BCUT2D eigenvalue weighted by Crippen LogP contribution is 2.35. The minimum atomic E-state index is -3.74. The van der Waals surface area contributed by atoms with Crippen LogP contribution >= 0.6 is 0 Å².